The van der Waals surface area contributed by atoms with Gasteiger partial charge >= 0.3 is 0 Å². The average molecular weight is 388 g/mol. The van der Waals surface area contributed by atoms with Gasteiger partial charge in [-0.3, -0.25) is 4.99 Å². The Morgan fingerprint density at radius 3 is 2.74 bits per heavy atom. The van der Waals surface area contributed by atoms with Gasteiger partial charge in [-0.2, -0.15) is 5.10 Å². The monoisotopic (exact) mass is 387 g/mol. The van der Waals surface area contributed by atoms with E-state index in [0.717, 1.165) is 21.3 Å². The SMILES string of the molecule is CC1(C)N=C(c2cnn3ccc(Br)c3c2)c2sccc2C1(C)C. The van der Waals surface area contributed by atoms with Gasteiger partial charge in [0.1, 0.15) is 0 Å². The molecule has 0 saturated carbocycles. The Balaban J connectivity index is 1.97. The van der Waals surface area contributed by atoms with Crippen LogP contribution in [-0.2, 0) is 5.41 Å². The number of rotatable bonds is 1. The van der Waals surface area contributed by atoms with Gasteiger partial charge in [0.15, 0.2) is 0 Å². The van der Waals surface area contributed by atoms with Crippen molar-refractivity contribution in [2.24, 2.45) is 4.99 Å². The first kappa shape index (κ1) is 15.1. The summed E-state index contributed by atoms with van der Waals surface area (Å²) >= 11 is 5.36. The van der Waals surface area contributed by atoms with Gasteiger partial charge in [-0.25, -0.2) is 4.52 Å². The number of hydrogen-bond acceptors (Lipinski definition) is 3. The van der Waals surface area contributed by atoms with E-state index in [2.05, 4.69) is 66.2 Å². The van der Waals surface area contributed by atoms with Crippen LogP contribution >= 0.6 is 27.3 Å². The fraction of sp³-hybridized carbons (Fsp3) is 0.333. The molecule has 3 nitrogen and oxygen atoms in total. The predicted molar refractivity (Wildman–Crippen MR) is 100.0 cm³/mol. The van der Waals surface area contributed by atoms with Crippen LogP contribution in [0.5, 0.6) is 0 Å². The summed E-state index contributed by atoms with van der Waals surface area (Å²) in [6.07, 6.45) is 3.87. The number of hydrogen-bond donors (Lipinski definition) is 0. The molecule has 0 bridgehead atoms. The van der Waals surface area contributed by atoms with E-state index in [1.165, 1.54) is 10.4 Å². The van der Waals surface area contributed by atoms with Crippen molar-refractivity contribution in [1.29, 1.82) is 0 Å². The van der Waals surface area contributed by atoms with E-state index in [1.54, 1.807) is 11.3 Å². The highest BCUT2D eigenvalue weighted by molar-refractivity contribution is 9.10. The molecule has 0 N–H and O–H groups in total. The Bertz CT molecular complexity index is 946. The highest BCUT2D eigenvalue weighted by atomic mass is 79.9. The van der Waals surface area contributed by atoms with Gasteiger partial charge < -0.3 is 0 Å². The van der Waals surface area contributed by atoms with Crippen LogP contribution in [0.2, 0.25) is 0 Å². The van der Waals surface area contributed by atoms with E-state index in [4.69, 9.17) is 4.99 Å². The molecule has 1 aliphatic heterocycles. The molecule has 0 amide bonds. The number of thiophene rings is 1. The van der Waals surface area contributed by atoms with Gasteiger partial charge in [-0.05, 0) is 58.9 Å². The van der Waals surface area contributed by atoms with Crippen LogP contribution < -0.4 is 0 Å². The maximum absolute atomic E-state index is 5.13. The molecule has 0 spiro atoms. The van der Waals surface area contributed by atoms with Crippen LogP contribution in [0.3, 0.4) is 0 Å². The lowest BCUT2D eigenvalue weighted by atomic mass is 9.68. The summed E-state index contributed by atoms with van der Waals surface area (Å²) in [6, 6.07) is 6.42. The lowest BCUT2D eigenvalue weighted by molar-refractivity contribution is 0.305. The van der Waals surface area contributed by atoms with Gasteiger partial charge in [-0.1, -0.05) is 13.8 Å². The smallest absolute Gasteiger partial charge is 0.0845 e. The highest BCUT2D eigenvalue weighted by Crippen LogP contribution is 2.45. The molecule has 4 rings (SSSR count). The Labute approximate surface area is 148 Å². The fourth-order valence-corrected chi connectivity index (χ4v) is 4.55. The number of aliphatic imine (C=N–C) groups is 1. The van der Waals surface area contributed by atoms with E-state index < -0.39 is 0 Å². The van der Waals surface area contributed by atoms with Crippen molar-refractivity contribution in [3.05, 3.63) is 56.4 Å². The van der Waals surface area contributed by atoms with Gasteiger partial charge in [0, 0.05) is 21.6 Å². The fourth-order valence-electron chi connectivity index (χ4n) is 3.07. The van der Waals surface area contributed by atoms with Crippen LogP contribution in [0.25, 0.3) is 5.52 Å². The highest BCUT2D eigenvalue weighted by Gasteiger charge is 2.44. The molecule has 23 heavy (non-hydrogen) atoms. The molecule has 0 atom stereocenters. The molecule has 118 valence electrons. The maximum Gasteiger partial charge on any atom is 0.0845 e. The molecule has 1 aliphatic rings. The first-order chi connectivity index (χ1) is 10.8. The van der Waals surface area contributed by atoms with Crippen molar-refractivity contribution < 1.29 is 0 Å². The lowest BCUT2D eigenvalue weighted by Gasteiger charge is -2.43. The maximum atomic E-state index is 5.13. The summed E-state index contributed by atoms with van der Waals surface area (Å²) in [4.78, 5) is 6.40. The molecule has 3 aromatic rings. The molecule has 4 heterocycles. The standard InChI is InChI=1S/C18H18BrN3S/c1-17(2)12-6-8-23-16(12)15(21-18(17,3)4)11-9-14-13(19)5-7-22(14)20-10-11/h5-10H,1-4H3. The summed E-state index contributed by atoms with van der Waals surface area (Å²) in [6.45, 7) is 8.99. The number of fused-ring (bicyclic) bond motifs is 2. The summed E-state index contributed by atoms with van der Waals surface area (Å²) in [5.74, 6) is 0. The zero-order chi connectivity index (χ0) is 16.4. The Morgan fingerprint density at radius 2 is 1.96 bits per heavy atom. The molecular formula is C18H18BrN3S. The van der Waals surface area contributed by atoms with Crippen LogP contribution in [0.4, 0.5) is 0 Å². The second-order valence-corrected chi connectivity index (χ2v) is 8.82. The van der Waals surface area contributed by atoms with Crippen molar-refractivity contribution in [2.75, 3.05) is 0 Å². The van der Waals surface area contributed by atoms with Gasteiger partial charge in [0.25, 0.3) is 0 Å². The molecule has 3 aromatic heterocycles. The van der Waals surface area contributed by atoms with Crippen LogP contribution in [0, 0.1) is 0 Å². The molecule has 0 aromatic carbocycles. The molecule has 0 saturated heterocycles. The lowest BCUT2D eigenvalue weighted by Crippen LogP contribution is -2.45. The molecule has 0 radical (unpaired) electrons. The van der Waals surface area contributed by atoms with Gasteiger partial charge in [-0.15, -0.1) is 11.3 Å². The average Bonchev–Trinajstić information content (AvgIpc) is 3.11. The summed E-state index contributed by atoms with van der Waals surface area (Å²) in [7, 11) is 0. The number of halogens is 1. The van der Waals surface area contributed by atoms with Gasteiger partial charge in [0.2, 0.25) is 0 Å². The molecular weight excluding hydrogens is 370 g/mol. The Hall–Kier alpha value is -1.46. The van der Waals surface area contributed by atoms with E-state index in [0.29, 0.717) is 0 Å². The minimum absolute atomic E-state index is 0.0129. The topological polar surface area (TPSA) is 29.7 Å². The zero-order valence-corrected chi connectivity index (χ0v) is 16.0. The van der Waals surface area contributed by atoms with Crippen molar-refractivity contribution in [3.8, 4) is 0 Å². The van der Waals surface area contributed by atoms with E-state index >= 15 is 0 Å². The second-order valence-electron chi connectivity index (χ2n) is 7.05. The van der Waals surface area contributed by atoms with Crippen LogP contribution in [0.1, 0.15) is 43.7 Å². The molecule has 0 unspecified atom stereocenters. The third kappa shape index (κ3) is 2.06. The third-order valence-electron chi connectivity index (χ3n) is 5.21. The van der Waals surface area contributed by atoms with Crippen molar-refractivity contribution in [3.63, 3.8) is 0 Å². The normalized spacial score (nSPS) is 18.7. The Morgan fingerprint density at radius 1 is 1.17 bits per heavy atom. The first-order valence-corrected chi connectivity index (χ1v) is 9.30. The van der Waals surface area contributed by atoms with E-state index in [-0.39, 0.29) is 11.0 Å². The minimum atomic E-state index is -0.165. The number of nitrogens with zero attached hydrogens (tertiary/aromatic N) is 3. The minimum Gasteiger partial charge on any atom is -0.276 e. The first-order valence-electron chi connectivity index (χ1n) is 7.63. The summed E-state index contributed by atoms with van der Waals surface area (Å²) in [5, 5.41) is 6.70. The second kappa shape index (κ2) is 4.77. The molecule has 5 heteroatoms. The van der Waals surface area contributed by atoms with E-state index in [1.807, 2.05) is 23.0 Å². The van der Waals surface area contributed by atoms with E-state index in [9.17, 15) is 0 Å². The van der Waals surface area contributed by atoms with Crippen molar-refractivity contribution >= 4 is 38.5 Å². The predicted octanol–water partition coefficient (Wildman–Crippen LogP) is 5.07. The summed E-state index contributed by atoms with van der Waals surface area (Å²) < 4.78 is 2.93. The number of aromatic nitrogens is 2. The molecule has 0 aliphatic carbocycles. The zero-order valence-electron chi connectivity index (χ0n) is 13.6. The van der Waals surface area contributed by atoms with Crippen molar-refractivity contribution in [2.45, 2.75) is 38.6 Å². The van der Waals surface area contributed by atoms with Crippen molar-refractivity contribution in [1.82, 2.24) is 9.61 Å². The van der Waals surface area contributed by atoms with Crippen LogP contribution in [0.15, 0.2) is 45.4 Å². The van der Waals surface area contributed by atoms with Gasteiger partial charge in [0.05, 0.1) is 27.8 Å². The quantitative estimate of drug-likeness (QED) is 0.573. The third-order valence-corrected chi connectivity index (χ3v) is 6.81. The van der Waals surface area contributed by atoms with Crippen LogP contribution in [-0.4, -0.2) is 20.9 Å². The molecule has 0 fully saturated rings. The largest absolute Gasteiger partial charge is 0.276 e. The summed E-state index contributed by atoms with van der Waals surface area (Å²) in [5.41, 5.74) is 4.42. The Kier molecular flexibility index (Phi) is 3.13.